The van der Waals surface area contributed by atoms with Crippen molar-refractivity contribution >= 4 is 22.8 Å². The number of benzene rings is 2. The number of hydrogen-bond donors (Lipinski definition) is 2. The number of alkyl halides is 2. The summed E-state index contributed by atoms with van der Waals surface area (Å²) in [4.78, 5) is 24.0. The van der Waals surface area contributed by atoms with Gasteiger partial charge in [-0.1, -0.05) is 24.3 Å². The van der Waals surface area contributed by atoms with E-state index in [1.165, 1.54) is 24.3 Å². The van der Waals surface area contributed by atoms with Crippen molar-refractivity contribution in [2.45, 2.75) is 45.2 Å². The number of nitrogens with one attached hydrogen (secondary N) is 1. The fourth-order valence-electron chi connectivity index (χ4n) is 4.56. The highest BCUT2D eigenvalue weighted by atomic mass is 19.3. The molecule has 1 aliphatic rings. The summed E-state index contributed by atoms with van der Waals surface area (Å²) in [5.74, 6) is -1.60. The van der Waals surface area contributed by atoms with E-state index in [4.69, 9.17) is 5.11 Å². The zero-order valence-electron chi connectivity index (χ0n) is 18.1. The molecule has 1 fully saturated rings. The molecule has 0 bridgehead atoms. The molecule has 4 rings (SSSR count). The molecule has 0 radical (unpaired) electrons. The minimum absolute atomic E-state index is 0.0719. The average Bonchev–Trinajstić information content (AvgIpc) is 3.15. The molecule has 1 unspecified atom stereocenters. The molecular weight excluding hydrogens is 433 g/mol. The van der Waals surface area contributed by atoms with Gasteiger partial charge in [-0.15, -0.1) is 0 Å². The van der Waals surface area contributed by atoms with E-state index in [0.717, 1.165) is 5.56 Å². The van der Waals surface area contributed by atoms with E-state index in [0.29, 0.717) is 42.3 Å². The lowest BCUT2D eigenvalue weighted by atomic mass is 9.72. The number of halogens is 3. The first-order chi connectivity index (χ1) is 15.7. The molecule has 0 saturated heterocycles. The first-order valence-corrected chi connectivity index (χ1v) is 10.9. The molecule has 1 aliphatic carbocycles. The van der Waals surface area contributed by atoms with Crippen LogP contribution in [0.1, 0.15) is 54.1 Å². The van der Waals surface area contributed by atoms with Crippen LogP contribution in [0, 0.1) is 17.7 Å². The van der Waals surface area contributed by atoms with Gasteiger partial charge < -0.3 is 15.0 Å². The zero-order valence-corrected chi connectivity index (χ0v) is 18.1. The van der Waals surface area contributed by atoms with Crippen LogP contribution in [-0.4, -0.2) is 27.6 Å². The summed E-state index contributed by atoms with van der Waals surface area (Å²) < 4.78 is 41.8. The van der Waals surface area contributed by atoms with Crippen molar-refractivity contribution in [3.05, 3.63) is 71.2 Å². The summed E-state index contributed by atoms with van der Waals surface area (Å²) in [6, 6.07) is 10.0. The predicted molar refractivity (Wildman–Crippen MR) is 118 cm³/mol. The second-order valence-corrected chi connectivity index (χ2v) is 8.83. The minimum Gasteiger partial charge on any atom is -0.481 e. The van der Waals surface area contributed by atoms with Crippen molar-refractivity contribution in [3.8, 4) is 0 Å². The van der Waals surface area contributed by atoms with Crippen LogP contribution in [0.5, 0.6) is 0 Å². The van der Waals surface area contributed by atoms with Crippen LogP contribution in [0.15, 0.2) is 48.7 Å². The van der Waals surface area contributed by atoms with E-state index in [1.54, 1.807) is 29.0 Å². The average molecular weight is 458 g/mol. The van der Waals surface area contributed by atoms with Crippen molar-refractivity contribution < 1.29 is 27.9 Å². The third kappa shape index (κ3) is 4.89. The van der Waals surface area contributed by atoms with Crippen LogP contribution >= 0.6 is 0 Å². The fraction of sp³-hybridized carbons (Fsp3) is 0.360. The van der Waals surface area contributed by atoms with Gasteiger partial charge in [-0.25, -0.2) is 13.2 Å². The summed E-state index contributed by atoms with van der Waals surface area (Å²) in [5.41, 5.74) is 1.44. The Balaban J connectivity index is 1.51. The highest BCUT2D eigenvalue weighted by Crippen LogP contribution is 2.37. The number of hydrogen-bond acceptors (Lipinski definition) is 2. The van der Waals surface area contributed by atoms with Gasteiger partial charge in [-0.05, 0) is 55.9 Å². The number of aliphatic carboxylic acids is 1. The van der Waals surface area contributed by atoms with Gasteiger partial charge in [-0.3, -0.25) is 9.59 Å². The molecule has 5 nitrogen and oxygen atoms in total. The number of nitrogens with zero attached hydrogens (tertiary/aromatic N) is 1. The molecule has 3 aromatic rings. The molecule has 2 aromatic carbocycles. The smallest absolute Gasteiger partial charge is 0.306 e. The highest BCUT2D eigenvalue weighted by Gasteiger charge is 2.35. The number of aromatic nitrogens is 1. The van der Waals surface area contributed by atoms with Gasteiger partial charge in [0.05, 0.1) is 17.0 Å². The molecular formula is C25H25F3N2O3. The number of amides is 1. The number of carbonyl (C=O) groups excluding carboxylic acids is 1. The van der Waals surface area contributed by atoms with Crippen LogP contribution in [0.2, 0.25) is 0 Å². The zero-order chi connectivity index (χ0) is 23.7. The fourth-order valence-corrected chi connectivity index (χ4v) is 4.56. The van der Waals surface area contributed by atoms with Gasteiger partial charge in [0.25, 0.3) is 12.3 Å². The lowest BCUT2D eigenvalue weighted by molar-refractivity contribution is -0.146. The molecule has 1 amide bonds. The monoisotopic (exact) mass is 458 g/mol. The first kappa shape index (κ1) is 22.9. The molecule has 1 aromatic heterocycles. The van der Waals surface area contributed by atoms with Crippen LogP contribution in [-0.2, 0) is 11.3 Å². The van der Waals surface area contributed by atoms with Gasteiger partial charge in [0.1, 0.15) is 5.82 Å². The SMILES string of the molecule is CC(CC1CC(C(=O)O)C1)NC(=O)c1ccc(F)c2ccn(Cc3ccc(C(F)F)cc3)c12. The summed E-state index contributed by atoms with van der Waals surface area (Å²) in [6.45, 7) is 2.17. The van der Waals surface area contributed by atoms with Crippen molar-refractivity contribution in [2.75, 3.05) is 0 Å². The molecule has 1 atom stereocenters. The van der Waals surface area contributed by atoms with Gasteiger partial charge in [0.15, 0.2) is 0 Å². The Morgan fingerprint density at radius 3 is 2.45 bits per heavy atom. The second-order valence-electron chi connectivity index (χ2n) is 8.83. The van der Waals surface area contributed by atoms with E-state index in [2.05, 4.69) is 5.32 Å². The Bertz CT molecular complexity index is 1170. The summed E-state index contributed by atoms with van der Waals surface area (Å²) >= 11 is 0. The summed E-state index contributed by atoms with van der Waals surface area (Å²) in [6.07, 6.45) is 1.03. The molecule has 8 heteroatoms. The first-order valence-electron chi connectivity index (χ1n) is 10.9. The van der Waals surface area contributed by atoms with E-state index >= 15 is 0 Å². The lowest BCUT2D eigenvalue weighted by Crippen LogP contribution is -2.38. The maximum absolute atomic E-state index is 14.4. The van der Waals surface area contributed by atoms with Crippen LogP contribution in [0.3, 0.4) is 0 Å². The minimum atomic E-state index is -2.55. The van der Waals surface area contributed by atoms with E-state index in [-0.39, 0.29) is 29.3 Å². The Hall–Kier alpha value is -3.29. The topological polar surface area (TPSA) is 71.3 Å². The summed E-state index contributed by atoms with van der Waals surface area (Å²) in [7, 11) is 0. The Morgan fingerprint density at radius 1 is 1.12 bits per heavy atom. The van der Waals surface area contributed by atoms with Crippen LogP contribution < -0.4 is 5.32 Å². The van der Waals surface area contributed by atoms with Crippen molar-refractivity contribution in [1.29, 1.82) is 0 Å². The van der Waals surface area contributed by atoms with Crippen LogP contribution in [0.25, 0.3) is 10.9 Å². The number of carboxylic acid groups (broad SMARTS) is 1. The predicted octanol–water partition coefficient (Wildman–Crippen LogP) is 5.39. The maximum atomic E-state index is 14.4. The molecule has 1 saturated carbocycles. The molecule has 0 spiro atoms. The van der Waals surface area contributed by atoms with Gasteiger partial charge in [0, 0.05) is 29.7 Å². The van der Waals surface area contributed by atoms with E-state index in [1.807, 2.05) is 6.92 Å². The van der Waals surface area contributed by atoms with Gasteiger partial charge >= 0.3 is 5.97 Å². The van der Waals surface area contributed by atoms with Crippen LogP contribution in [0.4, 0.5) is 13.2 Å². The van der Waals surface area contributed by atoms with Gasteiger partial charge in [-0.2, -0.15) is 0 Å². The van der Waals surface area contributed by atoms with Crippen molar-refractivity contribution in [3.63, 3.8) is 0 Å². The normalized spacial score (nSPS) is 18.8. The van der Waals surface area contributed by atoms with E-state index in [9.17, 15) is 22.8 Å². The number of fused-ring (bicyclic) bond motifs is 1. The quantitative estimate of drug-likeness (QED) is 0.476. The molecule has 33 heavy (non-hydrogen) atoms. The van der Waals surface area contributed by atoms with Gasteiger partial charge in [0.2, 0.25) is 0 Å². The van der Waals surface area contributed by atoms with E-state index < -0.39 is 18.2 Å². The maximum Gasteiger partial charge on any atom is 0.306 e. The molecule has 0 aliphatic heterocycles. The standard InChI is InChI=1S/C25H25F3N2O3/c1-14(10-16-11-18(12-16)25(32)33)29-24(31)20-6-7-21(26)19-8-9-30(22(19)20)13-15-2-4-17(5-3-15)23(27)28/h2-9,14,16,18,23H,10-13H2,1H3,(H,29,31)(H,32,33). The number of carboxylic acids is 1. The highest BCUT2D eigenvalue weighted by molar-refractivity contribution is 6.06. The lowest BCUT2D eigenvalue weighted by Gasteiger charge is -2.34. The van der Waals surface area contributed by atoms with Crippen molar-refractivity contribution in [2.24, 2.45) is 11.8 Å². The summed E-state index contributed by atoms with van der Waals surface area (Å²) in [5, 5.41) is 12.3. The third-order valence-corrected chi connectivity index (χ3v) is 6.35. The molecule has 174 valence electrons. The largest absolute Gasteiger partial charge is 0.481 e. The molecule has 1 heterocycles. The number of rotatable bonds is 8. The number of carbonyl (C=O) groups is 2. The Kier molecular flexibility index (Phi) is 6.44. The van der Waals surface area contributed by atoms with Crippen molar-refractivity contribution in [1.82, 2.24) is 9.88 Å². The Morgan fingerprint density at radius 2 is 1.82 bits per heavy atom. The second kappa shape index (κ2) is 9.29. The Labute approximate surface area is 189 Å². The molecule has 2 N–H and O–H groups in total. The third-order valence-electron chi connectivity index (χ3n) is 6.35.